The average Bonchev–Trinajstić information content (AvgIpc) is 2.25. The summed E-state index contributed by atoms with van der Waals surface area (Å²) in [7, 11) is 0. The second kappa shape index (κ2) is 6.72. The van der Waals surface area contributed by atoms with Gasteiger partial charge in [-0.3, -0.25) is 4.79 Å². The van der Waals surface area contributed by atoms with Crippen molar-refractivity contribution in [1.82, 2.24) is 0 Å². The normalized spacial score (nSPS) is 12.5. The van der Waals surface area contributed by atoms with E-state index in [4.69, 9.17) is 17.3 Å². The number of halogens is 2. The third-order valence-corrected chi connectivity index (χ3v) is 2.99. The van der Waals surface area contributed by atoms with Crippen molar-refractivity contribution in [2.24, 2.45) is 5.73 Å². The number of hydrogen-bond donors (Lipinski definition) is 1. The Kier molecular flexibility index (Phi) is 5.59. The predicted octanol–water partition coefficient (Wildman–Crippen LogP) is 3.11. The second-order valence-corrected chi connectivity index (χ2v) is 4.56. The third-order valence-electron chi connectivity index (χ3n) is 2.57. The molecule has 0 fully saturated rings. The highest BCUT2D eigenvalue weighted by atomic mass is 35.5. The smallest absolute Gasteiger partial charge is 0.142 e. The van der Waals surface area contributed by atoms with Crippen LogP contribution in [0.1, 0.15) is 31.7 Å². The van der Waals surface area contributed by atoms with Crippen LogP contribution in [-0.2, 0) is 11.2 Å². The van der Waals surface area contributed by atoms with Crippen LogP contribution >= 0.6 is 11.6 Å². The lowest BCUT2D eigenvalue weighted by Gasteiger charge is -2.09. The molecule has 0 aliphatic rings. The maximum atomic E-state index is 13.1. The van der Waals surface area contributed by atoms with Gasteiger partial charge in [0.25, 0.3) is 0 Å². The first-order valence-corrected chi connectivity index (χ1v) is 6.12. The van der Waals surface area contributed by atoms with Gasteiger partial charge in [-0.1, -0.05) is 37.1 Å². The molecular formula is C13H17ClFNO. The van der Waals surface area contributed by atoms with E-state index in [1.807, 2.05) is 6.92 Å². The Bertz CT molecular complexity index is 395. The Morgan fingerprint density at radius 3 is 2.88 bits per heavy atom. The van der Waals surface area contributed by atoms with Gasteiger partial charge in [-0.2, -0.15) is 0 Å². The lowest BCUT2D eigenvalue weighted by atomic mass is 10.0. The van der Waals surface area contributed by atoms with Gasteiger partial charge in [0.15, 0.2) is 0 Å². The summed E-state index contributed by atoms with van der Waals surface area (Å²) in [6.07, 6.45) is 2.24. The molecule has 1 atom stereocenters. The van der Waals surface area contributed by atoms with Crippen LogP contribution in [0.4, 0.5) is 4.39 Å². The lowest BCUT2D eigenvalue weighted by molar-refractivity contribution is -0.118. The monoisotopic (exact) mass is 257 g/mol. The van der Waals surface area contributed by atoms with Crippen molar-refractivity contribution >= 4 is 17.4 Å². The zero-order valence-electron chi connectivity index (χ0n) is 9.88. The summed E-state index contributed by atoms with van der Waals surface area (Å²) in [5.41, 5.74) is 6.31. The van der Waals surface area contributed by atoms with Crippen LogP contribution in [-0.4, -0.2) is 11.8 Å². The quantitative estimate of drug-likeness (QED) is 0.851. The van der Waals surface area contributed by atoms with E-state index in [2.05, 4.69) is 0 Å². The van der Waals surface area contributed by atoms with Crippen molar-refractivity contribution in [3.63, 3.8) is 0 Å². The first-order valence-electron chi connectivity index (χ1n) is 5.74. The van der Waals surface area contributed by atoms with Crippen molar-refractivity contribution in [1.29, 1.82) is 0 Å². The van der Waals surface area contributed by atoms with Crippen molar-refractivity contribution in [3.8, 4) is 0 Å². The van der Waals surface area contributed by atoms with Crippen molar-refractivity contribution in [3.05, 3.63) is 34.6 Å². The Balaban J connectivity index is 2.59. The molecule has 0 aliphatic carbocycles. The SMILES string of the molecule is CCCC(N)CC(=O)Cc1cccc(F)c1Cl. The molecule has 17 heavy (non-hydrogen) atoms. The van der Waals surface area contributed by atoms with Gasteiger partial charge in [-0.15, -0.1) is 0 Å². The van der Waals surface area contributed by atoms with Crippen molar-refractivity contribution < 1.29 is 9.18 Å². The van der Waals surface area contributed by atoms with Gasteiger partial charge in [-0.25, -0.2) is 4.39 Å². The molecule has 1 aromatic rings. The maximum Gasteiger partial charge on any atom is 0.142 e. The number of rotatable bonds is 6. The minimum absolute atomic E-state index is 0.00144. The number of carbonyl (C=O) groups is 1. The van der Waals surface area contributed by atoms with E-state index in [0.717, 1.165) is 12.8 Å². The first kappa shape index (κ1) is 14.1. The Morgan fingerprint density at radius 2 is 2.24 bits per heavy atom. The Labute approximate surface area is 106 Å². The number of Topliss-reactive ketones (excluding diaryl/α,β-unsaturated/α-hetero) is 1. The first-order chi connectivity index (χ1) is 8.04. The molecule has 0 heterocycles. The number of nitrogens with two attached hydrogens (primary N) is 1. The molecule has 0 bridgehead atoms. The molecule has 0 aromatic heterocycles. The van der Waals surface area contributed by atoms with E-state index >= 15 is 0 Å². The molecule has 0 saturated heterocycles. The number of carbonyl (C=O) groups excluding carboxylic acids is 1. The largest absolute Gasteiger partial charge is 0.327 e. The van der Waals surface area contributed by atoms with E-state index in [0.29, 0.717) is 12.0 Å². The van der Waals surface area contributed by atoms with E-state index in [1.54, 1.807) is 12.1 Å². The topological polar surface area (TPSA) is 43.1 Å². The van der Waals surface area contributed by atoms with Crippen LogP contribution in [0, 0.1) is 5.82 Å². The van der Waals surface area contributed by atoms with E-state index in [9.17, 15) is 9.18 Å². The van der Waals surface area contributed by atoms with Gasteiger partial charge in [0.2, 0.25) is 0 Å². The number of benzene rings is 1. The molecule has 94 valence electrons. The van der Waals surface area contributed by atoms with Crippen LogP contribution in [0.2, 0.25) is 5.02 Å². The van der Waals surface area contributed by atoms with E-state index in [-0.39, 0.29) is 23.3 Å². The molecule has 0 saturated carbocycles. The van der Waals surface area contributed by atoms with Gasteiger partial charge >= 0.3 is 0 Å². The lowest BCUT2D eigenvalue weighted by Crippen LogP contribution is -2.24. The zero-order valence-corrected chi connectivity index (χ0v) is 10.6. The van der Waals surface area contributed by atoms with Crippen molar-refractivity contribution in [2.75, 3.05) is 0 Å². The van der Waals surface area contributed by atoms with E-state index in [1.165, 1.54) is 6.07 Å². The Morgan fingerprint density at radius 1 is 1.53 bits per heavy atom. The fourth-order valence-electron chi connectivity index (χ4n) is 1.73. The minimum Gasteiger partial charge on any atom is -0.327 e. The highest BCUT2D eigenvalue weighted by molar-refractivity contribution is 6.31. The molecule has 1 unspecified atom stereocenters. The molecule has 1 aromatic carbocycles. The summed E-state index contributed by atoms with van der Waals surface area (Å²) < 4.78 is 13.1. The fourth-order valence-corrected chi connectivity index (χ4v) is 1.93. The fraction of sp³-hybridized carbons (Fsp3) is 0.462. The molecular weight excluding hydrogens is 241 g/mol. The van der Waals surface area contributed by atoms with Crippen molar-refractivity contribution in [2.45, 2.75) is 38.6 Å². The standard InChI is InChI=1S/C13H17ClFNO/c1-2-4-10(16)8-11(17)7-9-5-3-6-12(15)13(9)14/h3,5-6,10H,2,4,7-8,16H2,1H3. The zero-order chi connectivity index (χ0) is 12.8. The molecule has 2 nitrogen and oxygen atoms in total. The van der Waals surface area contributed by atoms with Crippen LogP contribution in [0.5, 0.6) is 0 Å². The summed E-state index contributed by atoms with van der Waals surface area (Å²) in [6, 6.07) is 4.38. The molecule has 0 radical (unpaired) electrons. The summed E-state index contributed by atoms with van der Waals surface area (Å²) in [5.74, 6) is -0.492. The summed E-state index contributed by atoms with van der Waals surface area (Å²) >= 11 is 5.78. The summed E-state index contributed by atoms with van der Waals surface area (Å²) in [4.78, 5) is 11.7. The second-order valence-electron chi connectivity index (χ2n) is 4.18. The van der Waals surface area contributed by atoms with E-state index < -0.39 is 5.82 Å². The molecule has 4 heteroatoms. The third kappa shape index (κ3) is 4.44. The van der Waals surface area contributed by atoms with Crippen LogP contribution in [0.25, 0.3) is 0 Å². The van der Waals surface area contributed by atoms with Gasteiger partial charge in [0.1, 0.15) is 11.6 Å². The predicted molar refractivity (Wildman–Crippen MR) is 67.6 cm³/mol. The maximum absolute atomic E-state index is 13.1. The van der Waals surface area contributed by atoms with Gasteiger partial charge < -0.3 is 5.73 Å². The van der Waals surface area contributed by atoms with Gasteiger partial charge in [-0.05, 0) is 18.1 Å². The highest BCUT2D eigenvalue weighted by Gasteiger charge is 2.13. The van der Waals surface area contributed by atoms with Gasteiger partial charge in [0, 0.05) is 18.9 Å². The van der Waals surface area contributed by atoms with Gasteiger partial charge in [0.05, 0.1) is 5.02 Å². The number of ketones is 1. The molecule has 2 N–H and O–H groups in total. The molecule has 0 amide bonds. The highest BCUT2D eigenvalue weighted by Crippen LogP contribution is 2.20. The Hall–Kier alpha value is -0.930. The minimum atomic E-state index is -0.491. The summed E-state index contributed by atoms with van der Waals surface area (Å²) in [5, 5.41) is 0.0323. The average molecular weight is 258 g/mol. The van der Waals surface area contributed by atoms with Crippen LogP contribution in [0.3, 0.4) is 0 Å². The summed E-state index contributed by atoms with van der Waals surface area (Å²) in [6.45, 7) is 2.02. The van der Waals surface area contributed by atoms with Crippen LogP contribution in [0.15, 0.2) is 18.2 Å². The number of hydrogen-bond acceptors (Lipinski definition) is 2. The van der Waals surface area contributed by atoms with Crippen LogP contribution < -0.4 is 5.73 Å². The molecule has 0 aliphatic heterocycles. The molecule has 1 rings (SSSR count). The molecule has 0 spiro atoms.